The number of nitrogens with one attached hydrogen (secondary N) is 1. The van der Waals surface area contributed by atoms with E-state index in [1.807, 2.05) is 13.0 Å². The van der Waals surface area contributed by atoms with Crippen LogP contribution in [0.1, 0.15) is 46.1 Å². The molecule has 0 radical (unpaired) electrons. The van der Waals surface area contributed by atoms with Crippen LogP contribution < -0.4 is 11.1 Å². The molecule has 0 saturated heterocycles. The van der Waals surface area contributed by atoms with Gasteiger partial charge in [0.1, 0.15) is 11.4 Å². The van der Waals surface area contributed by atoms with E-state index in [-0.39, 0.29) is 17.2 Å². The number of ether oxygens (including phenoxy) is 1. The first-order valence-corrected chi connectivity index (χ1v) is 7.23. The van der Waals surface area contributed by atoms with Crippen LogP contribution in [0.2, 0.25) is 0 Å². The van der Waals surface area contributed by atoms with Gasteiger partial charge in [-0.25, -0.2) is 4.79 Å². The number of anilines is 1. The normalized spacial score (nSPS) is 18.0. The van der Waals surface area contributed by atoms with E-state index in [9.17, 15) is 9.90 Å². The van der Waals surface area contributed by atoms with Gasteiger partial charge in [-0.3, -0.25) is 5.32 Å². The summed E-state index contributed by atoms with van der Waals surface area (Å²) in [6.07, 6.45) is 1.48. The van der Waals surface area contributed by atoms with E-state index in [2.05, 4.69) is 5.32 Å². The number of phenols is 1. The fraction of sp³-hybridized carbons (Fsp3) is 0.562. The highest BCUT2D eigenvalue weighted by Crippen LogP contribution is 2.51. The van der Waals surface area contributed by atoms with Gasteiger partial charge in [-0.1, -0.05) is 6.07 Å². The molecule has 4 N–H and O–H groups in total. The van der Waals surface area contributed by atoms with Crippen molar-refractivity contribution < 1.29 is 14.6 Å². The van der Waals surface area contributed by atoms with Gasteiger partial charge in [-0.05, 0) is 58.2 Å². The molecule has 1 saturated carbocycles. The summed E-state index contributed by atoms with van der Waals surface area (Å²) in [6.45, 7) is 7.36. The number of hydrogen-bond acceptors (Lipinski definition) is 4. The first-order chi connectivity index (χ1) is 9.64. The van der Waals surface area contributed by atoms with E-state index in [0.29, 0.717) is 5.69 Å². The lowest BCUT2D eigenvalue weighted by Crippen LogP contribution is -2.31. The Morgan fingerprint density at radius 3 is 2.52 bits per heavy atom. The zero-order chi connectivity index (χ0) is 15.8. The predicted octanol–water partition coefficient (Wildman–Crippen LogP) is 3.12. The molecule has 0 bridgehead atoms. The molecule has 1 unspecified atom stereocenters. The fourth-order valence-corrected chi connectivity index (χ4v) is 2.50. The van der Waals surface area contributed by atoms with Crippen LogP contribution in [0.15, 0.2) is 18.2 Å². The minimum atomic E-state index is -0.583. The Kier molecular flexibility index (Phi) is 3.89. The second-order valence-corrected chi connectivity index (χ2v) is 6.80. The average Bonchev–Trinajstić information content (AvgIpc) is 3.10. The van der Waals surface area contributed by atoms with Gasteiger partial charge in [0.2, 0.25) is 0 Å². The Morgan fingerprint density at radius 2 is 2.05 bits per heavy atom. The molecule has 0 spiro atoms. The summed E-state index contributed by atoms with van der Waals surface area (Å²) in [5.74, 6) is 0.0186. The zero-order valence-electron chi connectivity index (χ0n) is 13.1. The molecular weight excluding hydrogens is 268 g/mol. The van der Waals surface area contributed by atoms with Crippen LogP contribution in [0.4, 0.5) is 10.5 Å². The molecular formula is C16H24N2O3. The summed E-state index contributed by atoms with van der Waals surface area (Å²) in [7, 11) is 0. The maximum Gasteiger partial charge on any atom is 0.412 e. The second kappa shape index (κ2) is 5.22. The Hall–Kier alpha value is -1.75. The molecule has 0 aromatic heterocycles. The van der Waals surface area contributed by atoms with Crippen molar-refractivity contribution in [3.8, 4) is 5.75 Å². The standard InChI is InChI=1S/C16H24N2O3/c1-10(17)16(7-8-16)11-5-6-13(19)12(9-11)18-14(20)21-15(2,3)4/h5-6,9-10,19H,7-8,17H2,1-4H3,(H,18,20). The smallest absolute Gasteiger partial charge is 0.412 e. The number of amides is 1. The van der Waals surface area contributed by atoms with Crippen molar-refractivity contribution in [1.29, 1.82) is 0 Å². The quantitative estimate of drug-likeness (QED) is 0.747. The van der Waals surface area contributed by atoms with Crippen LogP contribution in [-0.2, 0) is 10.2 Å². The highest BCUT2D eigenvalue weighted by molar-refractivity contribution is 5.87. The van der Waals surface area contributed by atoms with Crippen LogP contribution in [0, 0.1) is 0 Å². The Balaban J connectivity index is 2.19. The number of hydrogen-bond donors (Lipinski definition) is 3. The third kappa shape index (κ3) is 3.47. The lowest BCUT2D eigenvalue weighted by molar-refractivity contribution is 0.0635. The Morgan fingerprint density at radius 1 is 1.43 bits per heavy atom. The van der Waals surface area contributed by atoms with Crippen molar-refractivity contribution in [1.82, 2.24) is 0 Å². The summed E-state index contributed by atoms with van der Waals surface area (Å²) in [6, 6.07) is 5.28. The molecule has 1 atom stereocenters. The number of phenolic OH excluding ortho intramolecular Hbond substituents is 1. The molecule has 2 rings (SSSR count). The predicted molar refractivity (Wildman–Crippen MR) is 82.5 cm³/mol. The lowest BCUT2D eigenvalue weighted by Gasteiger charge is -2.22. The number of benzene rings is 1. The molecule has 1 aliphatic carbocycles. The summed E-state index contributed by atoms with van der Waals surface area (Å²) in [5, 5.41) is 12.5. The minimum Gasteiger partial charge on any atom is -0.506 e. The van der Waals surface area contributed by atoms with E-state index in [0.717, 1.165) is 18.4 Å². The SMILES string of the molecule is CC(N)C1(c2ccc(O)c(NC(=O)OC(C)(C)C)c2)CC1. The van der Waals surface area contributed by atoms with Crippen molar-refractivity contribution in [2.75, 3.05) is 5.32 Å². The molecule has 21 heavy (non-hydrogen) atoms. The lowest BCUT2D eigenvalue weighted by atomic mass is 9.89. The monoisotopic (exact) mass is 292 g/mol. The third-order valence-electron chi connectivity index (χ3n) is 3.87. The maximum absolute atomic E-state index is 11.8. The first kappa shape index (κ1) is 15.6. The van der Waals surface area contributed by atoms with E-state index in [1.165, 1.54) is 0 Å². The second-order valence-electron chi connectivity index (χ2n) is 6.80. The van der Waals surface area contributed by atoms with Gasteiger partial charge in [0, 0.05) is 11.5 Å². The first-order valence-electron chi connectivity index (χ1n) is 7.23. The summed E-state index contributed by atoms with van der Waals surface area (Å²) >= 11 is 0. The number of carbonyl (C=O) groups is 1. The summed E-state index contributed by atoms with van der Waals surface area (Å²) in [4.78, 5) is 11.8. The molecule has 116 valence electrons. The molecule has 1 fully saturated rings. The van der Waals surface area contributed by atoms with E-state index >= 15 is 0 Å². The van der Waals surface area contributed by atoms with Gasteiger partial charge < -0.3 is 15.6 Å². The largest absolute Gasteiger partial charge is 0.506 e. The highest BCUT2D eigenvalue weighted by Gasteiger charge is 2.47. The molecule has 5 heteroatoms. The molecule has 1 aliphatic rings. The summed E-state index contributed by atoms with van der Waals surface area (Å²) in [5.41, 5.74) is 6.85. The van der Waals surface area contributed by atoms with E-state index in [1.54, 1.807) is 32.9 Å². The molecule has 5 nitrogen and oxygen atoms in total. The molecule has 1 aromatic carbocycles. The van der Waals surface area contributed by atoms with Gasteiger partial charge in [0.25, 0.3) is 0 Å². The maximum atomic E-state index is 11.8. The number of nitrogens with two attached hydrogens (primary N) is 1. The van der Waals surface area contributed by atoms with Gasteiger partial charge in [-0.15, -0.1) is 0 Å². The van der Waals surface area contributed by atoms with Crippen molar-refractivity contribution in [3.05, 3.63) is 23.8 Å². The minimum absolute atomic E-state index is 0.0186. The number of rotatable bonds is 3. The zero-order valence-corrected chi connectivity index (χ0v) is 13.1. The summed E-state index contributed by atoms with van der Waals surface area (Å²) < 4.78 is 5.20. The average molecular weight is 292 g/mol. The van der Waals surface area contributed by atoms with Crippen molar-refractivity contribution >= 4 is 11.8 Å². The van der Waals surface area contributed by atoms with E-state index in [4.69, 9.17) is 10.5 Å². The molecule has 0 aliphatic heterocycles. The fourth-order valence-electron chi connectivity index (χ4n) is 2.50. The van der Waals surface area contributed by atoms with E-state index < -0.39 is 11.7 Å². The molecule has 0 heterocycles. The van der Waals surface area contributed by atoms with Crippen molar-refractivity contribution in [3.63, 3.8) is 0 Å². The highest BCUT2D eigenvalue weighted by atomic mass is 16.6. The van der Waals surface area contributed by atoms with Gasteiger partial charge in [0.05, 0.1) is 5.69 Å². The topological polar surface area (TPSA) is 84.6 Å². The molecule has 1 aromatic rings. The van der Waals surface area contributed by atoms with Gasteiger partial charge in [-0.2, -0.15) is 0 Å². The Bertz CT molecular complexity index is 543. The van der Waals surface area contributed by atoms with Crippen LogP contribution in [-0.4, -0.2) is 22.8 Å². The van der Waals surface area contributed by atoms with Gasteiger partial charge >= 0.3 is 6.09 Å². The third-order valence-corrected chi connectivity index (χ3v) is 3.87. The number of aromatic hydroxyl groups is 1. The van der Waals surface area contributed by atoms with Crippen LogP contribution in [0.25, 0.3) is 0 Å². The van der Waals surface area contributed by atoms with Crippen LogP contribution in [0.3, 0.4) is 0 Å². The van der Waals surface area contributed by atoms with Gasteiger partial charge in [0.15, 0.2) is 0 Å². The molecule has 1 amide bonds. The van der Waals surface area contributed by atoms with Crippen molar-refractivity contribution in [2.24, 2.45) is 5.73 Å². The van der Waals surface area contributed by atoms with Crippen LogP contribution >= 0.6 is 0 Å². The Labute approximate surface area is 125 Å². The van der Waals surface area contributed by atoms with Crippen molar-refractivity contribution in [2.45, 2.75) is 57.6 Å². The van der Waals surface area contributed by atoms with Crippen LogP contribution in [0.5, 0.6) is 5.75 Å². The number of carbonyl (C=O) groups excluding carboxylic acids is 1.